The van der Waals surface area contributed by atoms with Crippen LogP contribution in [0.25, 0.3) is 0 Å². The summed E-state index contributed by atoms with van der Waals surface area (Å²) in [6, 6.07) is 3.27. The highest BCUT2D eigenvalue weighted by Crippen LogP contribution is 2.07. The number of aliphatic imine (C=N–C) groups is 1. The maximum absolute atomic E-state index is 13.2. The van der Waals surface area contributed by atoms with Gasteiger partial charge in [-0.1, -0.05) is 30.3 Å². The van der Waals surface area contributed by atoms with Gasteiger partial charge in [0.2, 0.25) is 17.7 Å². The Labute approximate surface area is 235 Å². The van der Waals surface area contributed by atoms with Gasteiger partial charge in [-0.3, -0.25) is 24.2 Å². The molecule has 16 nitrogen and oxygen atoms in total. The van der Waals surface area contributed by atoms with Crippen molar-refractivity contribution in [3.05, 3.63) is 54.1 Å². The third-order valence-electron chi connectivity index (χ3n) is 5.82. The number of imidazole rings is 1. The SMILES string of the molecule is NC(N)=NCCCC(NC(=O)C(CC(=O)O)NC(=O)C(N)Cc1cnc[nH]1)C(=O)NC(Cc1ccccc1)C(=O)O. The molecule has 1 aromatic heterocycles. The Kier molecular flexibility index (Phi) is 12.7. The van der Waals surface area contributed by atoms with E-state index in [1.165, 1.54) is 12.5 Å². The lowest BCUT2D eigenvalue weighted by molar-refractivity contribution is -0.143. The van der Waals surface area contributed by atoms with E-state index in [9.17, 15) is 34.2 Å². The molecule has 0 aliphatic rings. The predicted octanol–water partition coefficient (Wildman–Crippen LogP) is -2.41. The number of H-pyrrole nitrogens is 1. The fourth-order valence-corrected chi connectivity index (χ4v) is 3.76. The van der Waals surface area contributed by atoms with Crippen LogP contribution in [0.2, 0.25) is 0 Å². The number of carbonyl (C=O) groups excluding carboxylic acids is 3. The van der Waals surface area contributed by atoms with E-state index >= 15 is 0 Å². The Bertz CT molecular complexity index is 1200. The number of nitrogens with zero attached hydrogens (tertiary/aromatic N) is 2. The molecule has 0 saturated heterocycles. The van der Waals surface area contributed by atoms with Crippen molar-refractivity contribution < 1.29 is 34.2 Å². The zero-order valence-electron chi connectivity index (χ0n) is 22.2. The number of hydrogen-bond acceptors (Lipinski definition) is 8. The third kappa shape index (κ3) is 11.7. The first-order chi connectivity index (χ1) is 19.5. The highest BCUT2D eigenvalue weighted by atomic mass is 16.4. The summed E-state index contributed by atoms with van der Waals surface area (Å²) in [5, 5.41) is 26.1. The molecule has 4 atom stereocenters. The molecule has 0 spiro atoms. The maximum atomic E-state index is 13.2. The Morgan fingerprint density at radius 2 is 1.54 bits per heavy atom. The molecule has 0 bridgehead atoms. The molecule has 12 N–H and O–H groups in total. The highest BCUT2D eigenvalue weighted by Gasteiger charge is 2.31. The molecule has 0 radical (unpaired) electrons. The molecule has 2 aromatic rings. The first-order valence-electron chi connectivity index (χ1n) is 12.6. The van der Waals surface area contributed by atoms with Crippen LogP contribution < -0.4 is 33.2 Å². The van der Waals surface area contributed by atoms with Crippen molar-refractivity contribution in [2.75, 3.05) is 6.54 Å². The molecule has 0 aliphatic heterocycles. The van der Waals surface area contributed by atoms with Crippen LogP contribution in [0.5, 0.6) is 0 Å². The van der Waals surface area contributed by atoms with Crippen LogP contribution in [0.15, 0.2) is 47.8 Å². The second-order valence-electron chi connectivity index (χ2n) is 9.15. The molecule has 16 heteroatoms. The monoisotopic (exact) mass is 573 g/mol. The number of nitrogens with one attached hydrogen (secondary N) is 4. The molecule has 3 amide bonds. The Morgan fingerprint density at radius 3 is 2.12 bits per heavy atom. The van der Waals surface area contributed by atoms with E-state index in [1.807, 2.05) is 0 Å². The number of guanidine groups is 1. The molecule has 222 valence electrons. The van der Waals surface area contributed by atoms with E-state index in [-0.39, 0.29) is 38.2 Å². The van der Waals surface area contributed by atoms with E-state index < -0.39 is 60.2 Å². The van der Waals surface area contributed by atoms with Crippen LogP contribution in [0.3, 0.4) is 0 Å². The van der Waals surface area contributed by atoms with Crippen molar-refractivity contribution in [3.8, 4) is 0 Å². The zero-order chi connectivity index (χ0) is 30.4. The number of benzene rings is 1. The number of aromatic amines is 1. The van der Waals surface area contributed by atoms with Gasteiger partial charge in [0.1, 0.15) is 18.1 Å². The fraction of sp³-hybridized carbons (Fsp3) is 0.400. The van der Waals surface area contributed by atoms with Gasteiger partial charge in [0.25, 0.3) is 0 Å². The predicted molar refractivity (Wildman–Crippen MR) is 146 cm³/mol. The molecule has 1 aromatic carbocycles. The number of carbonyl (C=O) groups is 5. The number of rotatable bonds is 17. The third-order valence-corrected chi connectivity index (χ3v) is 5.82. The summed E-state index contributed by atoms with van der Waals surface area (Å²) in [6.45, 7) is 0.103. The largest absolute Gasteiger partial charge is 0.481 e. The van der Waals surface area contributed by atoms with E-state index in [4.69, 9.17) is 17.2 Å². The van der Waals surface area contributed by atoms with Crippen LogP contribution in [0, 0.1) is 0 Å². The van der Waals surface area contributed by atoms with E-state index in [1.54, 1.807) is 30.3 Å². The van der Waals surface area contributed by atoms with Crippen molar-refractivity contribution in [1.29, 1.82) is 0 Å². The minimum Gasteiger partial charge on any atom is -0.481 e. The number of aromatic nitrogens is 2. The summed E-state index contributed by atoms with van der Waals surface area (Å²) in [5.74, 6) is -5.48. The number of carboxylic acids is 2. The zero-order valence-corrected chi connectivity index (χ0v) is 22.2. The summed E-state index contributed by atoms with van der Waals surface area (Å²) < 4.78 is 0. The van der Waals surface area contributed by atoms with Gasteiger partial charge in [-0.25, -0.2) is 9.78 Å². The van der Waals surface area contributed by atoms with Crippen molar-refractivity contribution >= 4 is 35.6 Å². The quantitative estimate of drug-likeness (QED) is 0.0545. The van der Waals surface area contributed by atoms with Gasteiger partial charge in [-0.15, -0.1) is 0 Å². The minimum atomic E-state index is -1.58. The second-order valence-corrected chi connectivity index (χ2v) is 9.15. The Hall–Kier alpha value is -4.99. The fourth-order valence-electron chi connectivity index (χ4n) is 3.76. The van der Waals surface area contributed by atoms with Gasteiger partial charge in [0.05, 0.1) is 18.8 Å². The summed E-state index contributed by atoms with van der Waals surface area (Å²) in [7, 11) is 0. The lowest BCUT2D eigenvalue weighted by Gasteiger charge is -2.24. The minimum absolute atomic E-state index is 0.0253. The number of nitrogens with two attached hydrogens (primary N) is 3. The Balaban J connectivity index is 2.16. The van der Waals surface area contributed by atoms with Crippen LogP contribution >= 0.6 is 0 Å². The number of aliphatic carboxylic acids is 2. The average molecular weight is 574 g/mol. The van der Waals surface area contributed by atoms with Crippen LogP contribution in [-0.2, 0) is 36.8 Å². The van der Waals surface area contributed by atoms with E-state index in [2.05, 4.69) is 30.9 Å². The molecular formula is C25H35N9O7. The number of carboxylic acid groups (broad SMARTS) is 2. The molecule has 0 fully saturated rings. The van der Waals surface area contributed by atoms with Crippen LogP contribution in [0.1, 0.15) is 30.5 Å². The van der Waals surface area contributed by atoms with Gasteiger partial charge in [0.15, 0.2) is 5.96 Å². The molecule has 41 heavy (non-hydrogen) atoms. The smallest absolute Gasteiger partial charge is 0.326 e. The van der Waals surface area contributed by atoms with Gasteiger partial charge in [-0.05, 0) is 18.4 Å². The van der Waals surface area contributed by atoms with E-state index in [0.717, 1.165) is 0 Å². The molecule has 0 saturated carbocycles. The number of amides is 3. The van der Waals surface area contributed by atoms with Crippen molar-refractivity contribution in [3.63, 3.8) is 0 Å². The highest BCUT2D eigenvalue weighted by molar-refractivity contribution is 5.95. The van der Waals surface area contributed by atoms with Crippen LogP contribution in [0.4, 0.5) is 0 Å². The van der Waals surface area contributed by atoms with Crippen LogP contribution in [-0.4, -0.2) is 86.5 Å². The topological polar surface area (TPSA) is 281 Å². The molecule has 2 rings (SSSR count). The standard InChI is InChI=1S/C25H35N9O7/c26-16(10-15-12-29-13-31-15)21(37)33-18(11-20(35)36)23(39)32-17(7-4-8-30-25(27)28)22(38)34-19(24(40)41)9-14-5-2-1-3-6-14/h1-3,5-6,12-13,16-19H,4,7-11,26H2,(H,29,31)(H,32,39)(H,33,37)(H,34,38)(H,35,36)(H,40,41)(H4,27,28,30). The summed E-state index contributed by atoms with van der Waals surface area (Å²) in [5.41, 5.74) is 17.8. The lowest BCUT2D eigenvalue weighted by atomic mass is 10.0. The summed E-state index contributed by atoms with van der Waals surface area (Å²) >= 11 is 0. The number of hydrogen-bond donors (Lipinski definition) is 9. The molecule has 4 unspecified atom stereocenters. The van der Waals surface area contributed by atoms with Crippen molar-refractivity contribution in [2.24, 2.45) is 22.2 Å². The Morgan fingerprint density at radius 1 is 0.902 bits per heavy atom. The molecular weight excluding hydrogens is 538 g/mol. The van der Waals surface area contributed by atoms with Gasteiger partial charge >= 0.3 is 11.9 Å². The van der Waals surface area contributed by atoms with Gasteiger partial charge in [0, 0.05) is 31.3 Å². The molecule has 1 heterocycles. The van der Waals surface area contributed by atoms with Crippen molar-refractivity contribution in [2.45, 2.75) is 56.3 Å². The normalized spacial score (nSPS) is 13.6. The van der Waals surface area contributed by atoms with Gasteiger partial charge in [-0.2, -0.15) is 0 Å². The maximum Gasteiger partial charge on any atom is 0.326 e. The van der Waals surface area contributed by atoms with Gasteiger partial charge < -0.3 is 48.3 Å². The van der Waals surface area contributed by atoms with Crippen molar-refractivity contribution in [1.82, 2.24) is 25.9 Å². The first-order valence-corrected chi connectivity index (χ1v) is 12.6. The average Bonchev–Trinajstić information content (AvgIpc) is 3.42. The van der Waals surface area contributed by atoms with E-state index in [0.29, 0.717) is 11.3 Å². The lowest BCUT2D eigenvalue weighted by Crippen LogP contribution is -2.57. The first kappa shape index (κ1) is 32.2. The summed E-state index contributed by atoms with van der Waals surface area (Å²) in [4.78, 5) is 72.6. The summed E-state index contributed by atoms with van der Waals surface area (Å²) in [6.07, 6.45) is 2.25. The second kappa shape index (κ2) is 16.2. The molecule has 0 aliphatic carbocycles.